The highest BCUT2D eigenvalue weighted by Gasteiger charge is 2.10. The molecule has 0 saturated heterocycles. The molecule has 3 aromatic rings. The van der Waals surface area contributed by atoms with E-state index < -0.39 is 0 Å². The fourth-order valence-corrected chi connectivity index (χ4v) is 3.19. The second-order valence-electron chi connectivity index (χ2n) is 5.73. The van der Waals surface area contributed by atoms with E-state index in [0.717, 1.165) is 11.3 Å². The number of carbonyl (C=O) groups excluding carboxylic acids is 1. The van der Waals surface area contributed by atoms with Crippen LogP contribution in [0.1, 0.15) is 20.9 Å². The summed E-state index contributed by atoms with van der Waals surface area (Å²) in [7, 11) is 3.66. The van der Waals surface area contributed by atoms with Crippen LogP contribution >= 0.6 is 22.9 Å². The van der Waals surface area contributed by atoms with Crippen molar-refractivity contribution in [2.45, 2.75) is 6.54 Å². The molecule has 0 aliphatic rings. The van der Waals surface area contributed by atoms with Crippen molar-refractivity contribution in [3.63, 3.8) is 0 Å². The summed E-state index contributed by atoms with van der Waals surface area (Å²) in [6, 6.07) is 10.8. The summed E-state index contributed by atoms with van der Waals surface area (Å²) < 4.78 is 2.21. The molecule has 3 rings (SSSR count). The fraction of sp³-hybridized carbons (Fsp3) is 0.176. The largest absolute Gasteiger partial charge is 0.363 e. The number of nitrogens with zero attached hydrogens (tertiary/aromatic N) is 4. The number of amides is 1. The lowest BCUT2D eigenvalue weighted by Gasteiger charge is -2.13. The number of thiophene rings is 1. The minimum Gasteiger partial charge on any atom is -0.363 e. The van der Waals surface area contributed by atoms with Crippen molar-refractivity contribution >= 4 is 34.7 Å². The van der Waals surface area contributed by atoms with E-state index in [4.69, 9.17) is 17.0 Å². The quantitative estimate of drug-likeness (QED) is 0.519. The first-order valence-corrected chi connectivity index (χ1v) is 8.95. The standard InChI is InChI=1S/C17H17ClN6OS/c1-23(2)16(19)11-3-5-13(6-4-11)24-10-12(21-22-24)9-20-17(25)14-7-8-15(18)26-14/h3-8,10,19H,9H2,1-2H3,(H,20,25). The van der Waals surface area contributed by atoms with Crippen LogP contribution in [0.15, 0.2) is 42.6 Å². The number of halogens is 1. The van der Waals surface area contributed by atoms with Crippen LogP contribution in [0.4, 0.5) is 0 Å². The van der Waals surface area contributed by atoms with Gasteiger partial charge in [0.15, 0.2) is 0 Å². The number of nitrogens with one attached hydrogen (secondary N) is 2. The molecule has 0 bridgehead atoms. The summed E-state index contributed by atoms with van der Waals surface area (Å²) in [4.78, 5) is 14.3. The third kappa shape index (κ3) is 4.09. The monoisotopic (exact) mass is 388 g/mol. The third-order valence-electron chi connectivity index (χ3n) is 3.62. The molecule has 1 aromatic carbocycles. The summed E-state index contributed by atoms with van der Waals surface area (Å²) >= 11 is 7.07. The van der Waals surface area contributed by atoms with E-state index in [-0.39, 0.29) is 12.5 Å². The number of benzene rings is 1. The Balaban J connectivity index is 1.64. The van der Waals surface area contributed by atoms with E-state index in [1.54, 1.807) is 27.9 Å². The Morgan fingerprint density at radius 2 is 2.00 bits per heavy atom. The van der Waals surface area contributed by atoms with E-state index in [1.807, 2.05) is 38.4 Å². The van der Waals surface area contributed by atoms with Gasteiger partial charge >= 0.3 is 0 Å². The van der Waals surface area contributed by atoms with Crippen molar-refractivity contribution in [1.82, 2.24) is 25.2 Å². The van der Waals surface area contributed by atoms with Gasteiger partial charge in [0.05, 0.1) is 27.6 Å². The molecule has 134 valence electrons. The van der Waals surface area contributed by atoms with Crippen LogP contribution in [-0.4, -0.2) is 45.7 Å². The predicted molar refractivity (Wildman–Crippen MR) is 102 cm³/mol. The summed E-state index contributed by atoms with van der Waals surface area (Å²) in [5, 5.41) is 18.9. The average Bonchev–Trinajstić information content (AvgIpc) is 3.28. The van der Waals surface area contributed by atoms with Gasteiger partial charge in [0.2, 0.25) is 0 Å². The molecule has 26 heavy (non-hydrogen) atoms. The molecule has 0 atom stereocenters. The lowest BCUT2D eigenvalue weighted by molar-refractivity contribution is 0.0954. The smallest absolute Gasteiger partial charge is 0.261 e. The van der Waals surface area contributed by atoms with Crippen LogP contribution in [0.2, 0.25) is 4.34 Å². The van der Waals surface area contributed by atoms with E-state index >= 15 is 0 Å². The van der Waals surface area contributed by atoms with Gasteiger partial charge in [-0.1, -0.05) is 16.8 Å². The highest BCUT2D eigenvalue weighted by molar-refractivity contribution is 7.17. The number of aromatic nitrogens is 3. The fourth-order valence-electron chi connectivity index (χ4n) is 2.23. The number of carbonyl (C=O) groups is 1. The Morgan fingerprint density at radius 3 is 2.62 bits per heavy atom. The van der Waals surface area contributed by atoms with E-state index in [1.165, 1.54) is 11.3 Å². The second kappa shape index (κ2) is 7.67. The molecule has 0 saturated carbocycles. The molecule has 2 N–H and O–H groups in total. The van der Waals surface area contributed by atoms with Crippen molar-refractivity contribution in [2.75, 3.05) is 14.1 Å². The minimum atomic E-state index is -0.192. The maximum absolute atomic E-state index is 12.0. The van der Waals surface area contributed by atoms with Gasteiger partial charge < -0.3 is 10.2 Å². The van der Waals surface area contributed by atoms with Crippen LogP contribution in [-0.2, 0) is 6.54 Å². The molecular formula is C17H17ClN6OS. The van der Waals surface area contributed by atoms with Crippen molar-refractivity contribution in [3.8, 4) is 5.69 Å². The van der Waals surface area contributed by atoms with E-state index in [9.17, 15) is 4.79 Å². The molecule has 2 aromatic heterocycles. The molecule has 0 unspecified atom stereocenters. The lowest BCUT2D eigenvalue weighted by atomic mass is 10.2. The average molecular weight is 389 g/mol. The minimum absolute atomic E-state index is 0.192. The van der Waals surface area contributed by atoms with E-state index in [0.29, 0.717) is 20.7 Å². The first-order chi connectivity index (χ1) is 12.4. The number of amidine groups is 1. The highest BCUT2D eigenvalue weighted by Crippen LogP contribution is 2.21. The zero-order chi connectivity index (χ0) is 18.7. The maximum atomic E-state index is 12.0. The van der Waals surface area contributed by atoms with Crippen LogP contribution in [0.5, 0.6) is 0 Å². The van der Waals surface area contributed by atoms with Crippen LogP contribution in [0.3, 0.4) is 0 Å². The molecule has 0 spiro atoms. The zero-order valence-corrected chi connectivity index (χ0v) is 15.8. The normalized spacial score (nSPS) is 10.6. The topological polar surface area (TPSA) is 86.9 Å². The number of hydrogen-bond donors (Lipinski definition) is 2. The maximum Gasteiger partial charge on any atom is 0.261 e. The molecule has 0 aliphatic heterocycles. The first kappa shape index (κ1) is 18.1. The molecule has 7 nitrogen and oxygen atoms in total. The van der Waals surface area contributed by atoms with Crippen molar-refractivity contribution in [2.24, 2.45) is 0 Å². The Bertz CT molecular complexity index is 931. The van der Waals surface area contributed by atoms with Gasteiger partial charge in [-0.3, -0.25) is 10.2 Å². The molecule has 0 radical (unpaired) electrons. The van der Waals surface area contributed by atoms with Gasteiger partial charge in [0, 0.05) is 19.7 Å². The van der Waals surface area contributed by atoms with Gasteiger partial charge in [-0.25, -0.2) is 4.68 Å². The summed E-state index contributed by atoms with van der Waals surface area (Å²) in [5.41, 5.74) is 2.29. The number of rotatable bonds is 5. The molecule has 9 heteroatoms. The van der Waals surface area contributed by atoms with Crippen LogP contribution in [0.25, 0.3) is 5.69 Å². The summed E-state index contributed by atoms with van der Waals surface area (Å²) in [6.07, 6.45) is 1.76. The third-order valence-corrected chi connectivity index (χ3v) is 4.85. The Kier molecular flexibility index (Phi) is 5.34. The molecule has 0 fully saturated rings. The molecular weight excluding hydrogens is 372 g/mol. The summed E-state index contributed by atoms with van der Waals surface area (Å²) in [5.74, 6) is 0.246. The van der Waals surface area contributed by atoms with Crippen molar-refractivity contribution in [3.05, 3.63) is 63.1 Å². The molecule has 1 amide bonds. The van der Waals surface area contributed by atoms with Gasteiger partial charge in [-0.05, 0) is 36.4 Å². The van der Waals surface area contributed by atoms with Crippen molar-refractivity contribution in [1.29, 1.82) is 5.41 Å². The SMILES string of the molecule is CN(C)C(=N)c1ccc(-n2cc(CNC(=O)c3ccc(Cl)s3)nn2)cc1. The van der Waals surface area contributed by atoms with Crippen LogP contribution in [0, 0.1) is 5.41 Å². The van der Waals surface area contributed by atoms with Crippen LogP contribution < -0.4 is 5.32 Å². The van der Waals surface area contributed by atoms with E-state index in [2.05, 4.69) is 15.6 Å². The first-order valence-electron chi connectivity index (χ1n) is 7.75. The summed E-state index contributed by atoms with van der Waals surface area (Å²) in [6.45, 7) is 0.276. The molecule has 0 aliphatic carbocycles. The predicted octanol–water partition coefficient (Wildman–Crippen LogP) is 2.80. The Hall–Kier alpha value is -2.71. The van der Waals surface area contributed by atoms with Gasteiger partial charge in [-0.2, -0.15) is 0 Å². The number of hydrogen-bond acceptors (Lipinski definition) is 5. The zero-order valence-electron chi connectivity index (χ0n) is 14.2. The highest BCUT2D eigenvalue weighted by atomic mass is 35.5. The van der Waals surface area contributed by atoms with Gasteiger partial charge in [0.1, 0.15) is 11.5 Å². The van der Waals surface area contributed by atoms with Crippen molar-refractivity contribution < 1.29 is 4.79 Å². The Morgan fingerprint density at radius 1 is 1.27 bits per heavy atom. The van der Waals surface area contributed by atoms with Gasteiger partial charge in [-0.15, -0.1) is 16.4 Å². The lowest BCUT2D eigenvalue weighted by Crippen LogP contribution is -2.21. The van der Waals surface area contributed by atoms with Gasteiger partial charge in [0.25, 0.3) is 5.91 Å². The molecule has 2 heterocycles. The Labute approximate surface area is 159 Å². The second-order valence-corrected chi connectivity index (χ2v) is 7.45.